The number of carbonyl (C=O) groups excluding carboxylic acids is 4. The van der Waals surface area contributed by atoms with E-state index in [-0.39, 0.29) is 66.9 Å². The Morgan fingerprint density at radius 1 is 0.636 bits per heavy atom. The molecule has 3 N–H and O–H groups in total. The number of aliphatic hydroxyl groups excluding tert-OH is 1. The Labute approximate surface area is 387 Å². The summed E-state index contributed by atoms with van der Waals surface area (Å²) >= 11 is 0. The molecule has 21 heteroatoms. The third-order valence-electron chi connectivity index (χ3n) is 14.3. The molecule has 0 radical (unpaired) electrons. The number of fused-ring (bicyclic) bond motifs is 2. The Morgan fingerprint density at radius 2 is 1.03 bits per heavy atom. The maximum atomic E-state index is 12.9. The van der Waals surface area contributed by atoms with Gasteiger partial charge in [0.25, 0.3) is 0 Å². The number of piperidine rings is 2. The molecule has 4 amide bonds. The van der Waals surface area contributed by atoms with Crippen LogP contribution < -0.4 is 10.6 Å². The number of aliphatic hydroxyl groups is 1. The molecule has 8 aliphatic heterocycles. The monoisotopic (exact) mass is 931 g/mol. The Hall–Kier alpha value is -3.90. The smallest absolute Gasteiger partial charge is 0.410 e. The van der Waals surface area contributed by atoms with Crippen molar-refractivity contribution >= 4 is 24.0 Å². The van der Waals surface area contributed by atoms with E-state index in [0.29, 0.717) is 71.4 Å². The van der Waals surface area contributed by atoms with Crippen molar-refractivity contribution < 1.29 is 62.2 Å². The molecule has 8 fully saturated rings. The van der Waals surface area contributed by atoms with Crippen molar-refractivity contribution in [2.45, 2.75) is 190 Å². The standard InChI is InChI=1S/C23H36N4O6.C22H34N4O7/c1-5-16-18(19-20(30-16)33-22(2,3)32-19)31-21(29)26-11-8-23(4,9-12-26)25-14-17(28)27-10-6-7-15(27)13-24;1-21(2)32-18-17(15(13-27)30-19(18)33-21)31-20(29)25-9-6-22(3,7-10-25)24-12-16(28)26-8-4-5-14(26)11-23/h15-16,18-20,25H,5-12,14H2,1-4H3;14-15,17-19,24,27H,4-10,12-13H2,1-3H3/t15-,16+,18-,19+,20+;14-,15+,17-,18+,19+/m00/s1. The number of amides is 4. The number of ether oxygens (including phenoxy) is 8. The van der Waals surface area contributed by atoms with Crippen LogP contribution in [0.1, 0.15) is 106 Å². The van der Waals surface area contributed by atoms with E-state index in [1.165, 1.54) is 0 Å². The first kappa shape index (κ1) is 50.0. The first-order chi connectivity index (χ1) is 31.3. The number of rotatable bonds is 10. The van der Waals surface area contributed by atoms with Crippen LogP contribution in [-0.4, -0.2) is 192 Å². The lowest BCUT2D eigenvalue weighted by atomic mass is 9.89. The van der Waals surface area contributed by atoms with Gasteiger partial charge < -0.3 is 73.2 Å². The average molecular weight is 931 g/mol. The van der Waals surface area contributed by atoms with Gasteiger partial charge in [0.1, 0.15) is 24.3 Å². The lowest BCUT2D eigenvalue weighted by molar-refractivity contribution is -0.218. The molecule has 0 aromatic heterocycles. The largest absolute Gasteiger partial charge is 0.440 e. The van der Waals surface area contributed by atoms with Crippen molar-refractivity contribution in [2.75, 3.05) is 59.0 Å². The zero-order chi connectivity index (χ0) is 47.6. The zero-order valence-electron chi connectivity index (χ0n) is 39.5. The summed E-state index contributed by atoms with van der Waals surface area (Å²) in [6.45, 7) is 16.6. The number of hydrogen-bond acceptors (Lipinski definition) is 17. The van der Waals surface area contributed by atoms with Crippen molar-refractivity contribution in [1.82, 2.24) is 30.2 Å². The van der Waals surface area contributed by atoms with Gasteiger partial charge in [-0.3, -0.25) is 9.59 Å². The lowest BCUT2D eigenvalue weighted by Crippen LogP contribution is -2.55. The summed E-state index contributed by atoms with van der Waals surface area (Å²) in [5.41, 5.74) is -0.551. The predicted octanol–water partition coefficient (Wildman–Crippen LogP) is 2.06. The summed E-state index contributed by atoms with van der Waals surface area (Å²) in [5, 5.41) is 34.7. The summed E-state index contributed by atoms with van der Waals surface area (Å²) < 4.78 is 46.4. The van der Waals surface area contributed by atoms with Gasteiger partial charge in [-0.05, 0) is 99.3 Å². The van der Waals surface area contributed by atoms with Crippen LogP contribution >= 0.6 is 0 Å². The van der Waals surface area contributed by atoms with Gasteiger partial charge in [0.05, 0.1) is 31.8 Å². The second-order valence-electron chi connectivity index (χ2n) is 20.1. The minimum Gasteiger partial charge on any atom is -0.440 e. The fourth-order valence-electron chi connectivity index (χ4n) is 10.1. The van der Waals surface area contributed by atoms with E-state index in [2.05, 4.69) is 29.7 Å². The summed E-state index contributed by atoms with van der Waals surface area (Å²) in [6.07, 6.45) is 1.31. The van der Waals surface area contributed by atoms with Crippen molar-refractivity contribution in [3.8, 4) is 12.1 Å². The molecule has 0 aromatic carbocycles. The highest BCUT2D eigenvalue weighted by Crippen LogP contribution is 2.41. The first-order valence-electron chi connectivity index (χ1n) is 23.7. The average Bonchev–Trinajstić information content (AvgIpc) is 4.15. The van der Waals surface area contributed by atoms with Crippen LogP contribution in [0, 0.1) is 22.7 Å². The Kier molecular flexibility index (Phi) is 15.4. The second kappa shape index (κ2) is 20.4. The van der Waals surface area contributed by atoms with E-state index in [0.717, 1.165) is 25.7 Å². The molecule has 368 valence electrons. The molecule has 8 rings (SSSR count). The Balaban J connectivity index is 0.000000196. The molecule has 0 unspecified atom stereocenters. The van der Waals surface area contributed by atoms with Crippen molar-refractivity contribution in [3.63, 3.8) is 0 Å². The van der Waals surface area contributed by atoms with Crippen molar-refractivity contribution in [3.05, 3.63) is 0 Å². The molecule has 66 heavy (non-hydrogen) atoms. The van der Waals surface area contributed by atoms with E-state index in [1.54, 1.807) is 33.4 Å². The van der Waals surface area contributed by atoms with Gasteiger partial charge in [-0.1, -0.05) is 6.92 Å². The number of hydrogen-bond donors (Lipinski definition) is 3. The first-order valence-corrected chi connectivity index (χ1v) is 23.7. The number of nitrogens with one attached hydrogen (secondary N) is 2. The quantitative estimate of drug-likeness (QED) is 0.284. The molecular formula is C45H70N8O13. The number of carbonyl (C=O) groups is 4. The van der Waals surface area contributed by atoms with Gasteiger partial charge >= 0.3 is 12.2 Å². The number of nitriles is 2. The molecule has 0 bridgehead atoms. The molecule has 0 aromatic rings. The second-order valence-corrected chi connectivity index (χ2v) is 20.1. The van der Waals surface area contributed by atoms with Gasteiger partial charge in [0.15, 0.2) is 48.6 Å². The summed E-state index contributed by atoms with van der Waals surface area (Å²) in [5.74, 6) is -1.71. The number of nitrogens with zero attached hydrogens (tertiary/aromatic N) is 6. The van der Waals surface area contributed by atoms with Crippen LogP contribution in [0.15, 0.2) is 0 Å². The van der Waals surface area contributed by atoms with Crippen molar-refractivity contribution in [1.29, 1.82) is 10.5 Å². The fraction of sp³-hybridized carbons (Fsp3) is 0.867. The maximum Gasteiger partial charge on any atom is 0.410 e. The molecule has 21 nitrogen and oxygen atoms in total. The molecule has 8 heterocycles. The van der Waals surface area contributed by atoms with Crippen LogP contribution in [0.25, 0.3) is 0 Å². The Morgan fingerprint density at radius 3 is 1.41 bits per heavy atom. The SMILES string of the molecule is CC1(NCC(=O)N2CCC[C@H]2C#N)CCN(C(=O)O[C@@H]2[C@H]3OC(C)(C)O[C@H]3O[C@@H]2CO)CC1.CC[C@H]1O[C@@H]2OC(C)(C)O[C@@H]2[C@H]1OC(=O)N1CCC(C)(NCC(=O)N2CCC[C@H]2C#N)CC1. The van der Waals surface area contributed by atoms with Crippen molar-refractivity contribution in [2.24, 2.45) is 0 Å². The maximum absolute atomic E-state index is 12.9. The summed E-state index contributed by atoms with van der Waals surface area (Å²) in [6, 6.07) is 3.76. The van der Waals surface area contributed by atoms with E-state index in [4.69, 9.17) is 37.9 Å². The normalized spacial score (nSPS) is 34.7. The predicted molar refractivity (Wildman–Crippen MR) is 230 cm³/mol. The molecule has 8 aliphatic rings. The van der Waals surface area contributed by atoms with E-state index >= 15 is 0 Å². The molecule has 10 atom stereocenters. The molecule has 0 spiro atoms. The highest BCUT2D eigenvalue weighted by atomic mass is 16.9. The van der Waals surface area contributed by atoms with Gasteiger partial charge in [-0.15, -0.1) is 0 Å². The minimum absolute atomic E-state index is 0.0368. The van der Waals surface area contributed by atoms with Gasteiger partial charge in [0, 0.05) is 50.3 Å². The molecule has 8 saturated heterocycles. The molecular weight excluding hydrogens is 861 g/mol. The summed E-state index contributed by atoms with van der Waals surface area (Å²) in [7, 11) is 0. The number of likely N-dealkylation sites (tertiary alicyclic amines) is 4. The van der Waals surface area contributed by atoms with E-state index < -0.39 is 60.8 Å². The Bertz CT molecular complexity index is 1710. The van der Waals surface area contributed by atoms with Gasteiger partial charge in [0.2, 0.25) is 11.8 Å². The molecule has 0 aliphatic carbocycles. The fourth-order valence-corrected chi connectivity index (χ4v) is 10.1. The topological polar surface area (TPSA) is 247 Å². The van der Waals surface area contributed by atoms with Gasteiger partial charge in [-0.25, -0.2) is 9.59 Å². The highest BCUT2D eigenvalue weighted by Gasteiger charge is 2.58. The summed E-state index contributed by atoms with van der Waals surface area (Å²) in [4.78, 5) is 57.5. The molecule has 0 saturated carbocycles. The minimum atomic E-state index is -0.848. The lowest BCUT2D eigenvalue weighted by Gasteiger charge is -2.40. The van der Waals surface area contributed by atoms with E-state index in [1.807, 2.05) is 27.7 Å². The van der Waals surface area contributed by atoms with Crippen LogP contribution in [0.3, 0.4) is 0 Å². The van der Waals surface area contributed by atoms with Crippen LogP contribution in [0.5, 0.6) is 0 Å². The highest BCUT2D eigenvalue weighted by molar-refractivity contribution is 5.80. The van der Waals surface area contributed by atoms with E-state index in [9.17, 15) is 34.8 Å². The van der Waals surface area contributed by atoms with Crippen LogP contribution in [0.4, 0.5) is 9.59 Å². The third-order valence-corrected chi connectivity index (χ3v) is 14.3. The zero-order valence-corrected chi connectivity index (χ0v) is 39.5. The van der Waals surface area contributed by atoms with Crippen LogP contribution in [0.2, 0.25) is 0 Å². The van der Waals surface area contributed by atoms with Crippen LogP contribution in [-0.2, 0) is 47.5 Å². The van der Waals surface area contributed by atoms with Gasteiger partial charge in [-0.2, -0.15) is 10.5 Å². The third kappa shape index (κ3) is 11.3.